The molecule has 0 aliphatic rings. The maximum absolute atomic E-state index is 13.0. The molecule has 0 heterocycles. The first-order valence-electron chi connectivity index (χ1n) is 11.8. The number of anilines is 1. The molecule has 1 atom stereocenters. The minimum Gasteiger partial charge on any atom is -0.496 e. The summed E-state index contributed by atoms with van der Waals surface area (Å²) in [5.74, 6) is 0.836. The fraction of sp³-hybridized carbons (Fsp3) is 0.321. The van der Waals surface area contributed by atoms with E-state index in [1.54, 1.807) is 49.6 Å². The Hall–Kier alpha value is -2.74. The number of nitrogens with zero attached hydrogens (tertiary/aromatic N) is 1. The van der Waals surface area contributed by atoms with Crippen LogP contribution in [0.15, 0.2) is 54.6 Å². The van der Waals surface area contributed by atoms with Crippen molar-refractivity contribution in [3.8, 4) is 5.75 Å². The number of carbonyl (C=O) groups excluding carboxylic acids is 1. The van der Waals surface area contributed by atoms with Crippen LogP contribution in [-0.2, 0) is 16.6 Å². The van der Waals surface area contributed by atoms with Crippen molar-refractivity contribution in [3.63, 3.8) is 0 Å². The van der Waals surface area contributed by atoms with Gasteiger partial charge in [0, 0.05) is 21.2 Å². The van der Waals surface area contributed by atoms with Crippen LogP contribution >= 0.6 is 23.2 Å². The molecular weight excluding hydrogens is 531 g/mol. The van der Waals surface area contributed by atoms with Crippen LogP contribution in [0.2, 0.25) is 10.0 Å². The SMILES string of the molecule is COc1cc(C)c(C(C)NC(=O)c2ccc(N(Cc3c(Cl)cccc3Cl)S(C)(=O)=O)cc2)cc1C(C)C. The first kappa shape index (κ1) is 28.8. The summed E-state index contributed by atoms with van der Waals surface area (Å²) in [6, 6.07) is 15.2. The van der Waals surface area contributed by atoms with Crippen LogP contribution in [0.5, 0.6) is 5.75 Å². The first-order valence-corrected chi connectivity index (χ1v) is 14.4. The lowest BCUT2D eigenvalue weighted by Crippen LogP contribution is -2.30. The van der Waals surface area contributed by atoms with Gasteiger partial charge in [-0.25, -0.2) is 8.42 Å². The average molecular weight is 564 g/mol. The summed E-state index contributed by atoms with van der Waals surface area (Å²) in [5, 5.41) is 3.80. The van der Waals surface area contributed by atoms with Crippen LogP contribution in [-0.4, -0.2) is 27.7 Å². The van der Waals surface area contributed by atoms with E-state index >= 15 is 0 Å². The molecule has 9 heteroatoms. The second-order valence-corrected chi connectivity index (χ2v) is 12.0. The van der Waals surface area contributed by atoms with Crippen LogP contribution in [0.3, 0.4) is 0 Å². The Kier molecular flexibility index (Phi) is 9.16. The molecule has 0 saturated heterocycles. The number of aryl methyl sites for hydroxylation is 1. The molecule has 0 bridgehead atoms. The van der Waals surface area contributed by atoms with E-state index in [1.807, 2.05) is 19.9 Å². The van der Waals surface area contributed by atoms with Gasteiger partial charge in [0.1, 0.15) is 5.75 Å². The predicted octanol–water partition coefficient (Wildman–Crippen LogP) is 6.89. The average Bonchev–Trinajstić information content (AvgIpc) is 2.82. The minimum absolute atomic E-state index is 0.0329. The smallest absolute Gasteiger partial charge is 0.251 e. The summed E-state index contributed by atoms with van der Waals surface area (Å²) in [5.41, 5.74) is 4.42. The summed E-state index contributed by atoms with van der Waals surface area (Å²) in [6.07, 6.45) is 1.11. The van der Waals surface area contributed by atoms with Crippen molar-refractivity contribution < 1.29 is 17.9 Å². The summed E-state index contributed by atoms with van der Waals surface area (Å²) in [6.45, 7) is 8.09. The largest absolute Gasteiger partial charge is 0.496 e. The number of halogens is 2. The molecule has 1 N–H and O–H groups in total. The Balaban J connectivity index is 1.83. The Labute approximate surface area is 229 Å². The zero-order valence-electron chi connectivity index (χ0n) is 21.8. The van der Waals surface area contributed by atoms with E-state index in [4.69, 9.17) is 27.9 Å². The number of carbonyl (C=O) groups is 1. The molecule has 0 spiro atoms. The Morgan fingerprint density at radius 2 is 1.59 bits per heavy atom. The monoisotopic (exact) mass is 562 g/mol. The Bertz CT molecular complexity index is 1370. The van der Waals surface area contributed by atoms with Crippen molar-refractivity contribution in [2.45, 2.75) is 46.2 Å². The summed E-state index contributed by atoms with van der Waals surface area (Å²) < 4.78 is 31.9. The van der Waals surface area contributed by atoms with Crippen molar-refractivity contribution in [2.24, 2.45) is 0 Å². The Morgan fingerprint density at radius 1 is 1.00 bits per heavy atom. The minimum atomic E-state index is -3.65. The molecule has 37 heavy (non-hydrogen) atoms. The number of benzene rings is 3. The van der Waals surface area contributed by atoms with Gasteiger partial charge >= 0.3 is 0 Å². The highest BCUT2D eigenvalue weighted by Gasteiger charge is 2.22. The maximum Gasteiger partial charge on any atom is 0.251 e. The van der Waals surface area contributed by atoms with Gasteiger partial charge in [0.15, 0.2) is 0 Å². The molecular formula is C28H32Cl2N2O4S. The second-order valence-electron chi connectivity index (χ2n) is 9.32. The first-order chi connectivity index (χ1) is 17.3. The third-order valence-corrected chi connectivity index (χ3v) is 8.08. The van der Waals surface area contributed by atoms with E-state index < -0.39 is 10.0 Å². The number of hydrogen-bond donors (Lipinski definition) is 1. The number of methoxy groups -OCH3 is 1. The molecule has 1 unspecified atom stereocenters. The van der Waals surface area contributed by atoms with Gasteiger partial charge in [0.2, 0.25) is 10.0 Å². The van der Waals surface area contributed by atoms with Gasteiger partial charge in [-0.15, -0.1) is 0 Å². The highest BCUT2D eigenvalue weighted by molar-refractivity contribution is 7.92. The van der Waals surface area contributed by atoms with Crippen LogP contribution in [0.1, 0.15) is 65.3 Å². The molecule has 0 radical (unpaired) electrons. The molecule has 0 saturated carbocycles. The molecule has 0 aliphatic heterocycles. The second kappa shape index (κ2) is 11.8. The van der Waals surface area contributed by atoms with Gasteiger partial charge in [-0.1, -0.05) is 43.1 Å². The zero-order valence-corrected chi connectivity index (χ0v) is 24.1. The highest BCUT2D eigenvalue weighted by Crippen LogP contribution is 2.33. The number of ether oxygens (including phenoxy) is 1. The standard InChI is InChI=1S/C28H32Cl2N2O4S/c1-17(2)22-15-23(18(3)14-27(22)36-5)19(4)31-28(33)20-10-12-21(13-11-20)32(37(6,34)35)16-24-25(29)8-7-9-26(24)30/h7-15,17,19H,16H2,1-6H3,(H,31,33). The van der Waals surface area contributed by atoms with Crippen molar-refractivity contribution >= 4 is 44.8 Å². The van der Waals surface area contributed by atoms with E-state index in [2.05, 4.69) is 25.2 Å². The number of sulfonamides is 1. The quantitative estimate of drug-likeness (QED) is 0.308. The lowest BCUT2D eigenvalue weighted by atomic mass is 9.93. The van der Waals surface area contributed by atoms with Crippen LogP contribution in [0, 0.1) is 6.92 Å². The number of amides is 1. The highest BCUT2D eigenvalue weighted by atomic mass is 35.5. The Morgan fingerprint density at radius 3 is 2.11 bits per heavy atom. The summed E-state index contributed by atoms with van der Waals surface area (Å²) >= 11 is 12.5. The molecule has 198 valence electrons. The summed E-state index contributed by atoms with van der Waals surface area (Å²) in [4.78, 5) is 13.0. The van der Waals surface area contributed by atoms with E-state index in [9.17, 15) is 13.2 Å². The topological polar surface area (TPSA) is 75.7 Å². The maximum atomic E-state index is 13.0. The van der Waals surface area contributed by atoms with Crippen molar-refractivity contribution in [1.29, 1.82) is 0 Å². The molecule has 3 rings (SSSR count). The third-order valence-electron chi connectivity index (χ3n) is 6.24. The van der Waals surface area contributed by atoms with Gasteiger partial charge in [0.05, 0.1) is 31.6 Å². The fourth-order valence-corrected chi connectivity index (χ4v) is 5.56. The van der Waals surface area contributed by atoms with Gasteiger partial charge in [-0.2, -0.15) is 0 Å². The van der Waals surface area contributed by atoms with E-state index in [0.29, 0.717) is 26.9 Å². The number of hydrogen-bond acceptors (Lipinski definition) is 4. The van der Waals surface area contributed by atoms with E-state index in [1.165, 1.54) is 4.31 Å². The van der Waals surface area contributed by atoms with E-state index in [-0.39, 0.29) is 24.4 Å². The van der Waals surface area contributed by atoms with Crippen molar-refractivity contribution in [3.05, 3.63) is 92.5 Å². The lowest BCUT2D eigenvalue weighted by molar-refractivity contribution is 0.0940. The number of rotatable bonds is 9. The molecule has 3 aromatic rings. The molecule has 1 amide bonds. The van der Waals surface area contributed by atoms with Crippen LogP contribution in [0.25, 0.3) is 0 Å². The zero-order chi connectivity index (χ0) is 27.5. The molecule has 3 aromatic carbocycles. The van der Waals surface area contributed by atoms with Gasteiger partial charge in [-0.3, -0.25) is 9.10 Å². The van der Waals surface area contributed by atoms with Crippen molar-refractivity contribution in [2.75, 3.05) is 17.7 Å². The fourth-order valence-electron chi connectivity index (χ4n) is 4.17. The molecule has 0 fully saturated rings. The van der Waals surface area contributed by atoms with Crippen LogP contribution in [0.4, 0.5) is 5.69 Å². The predicted molar refractivity (Wildman–Crippen MR) is 152 cm³/mol. The van der Waals surface area contributed by atoms with Gasteiger partial charge in [0.25, 0.3) is 5.91 Å². The third kappa shape index (κ3) is 6.78. The van der Waals surface area contributed by atoms with Gasteiger partial charge in [-0.05, 0) is 85.0 Å². The number of nitrogens with one attached hydrogen (secondary N) is 1. The summed E-state index contributed by atoms with van der Waals surface area (Å²) in [7, 11) is -2.00. The lowest BCUT2D eigenvalue weighted by Gasteiger charge is -2.24. The molecule has 6 nitrogen and oxygen atoms in total. The molecule has 0 aliphatic carbocycles. The molecule has 0 aromatic heterocycles. The van der Waals surface area contributed by atoms with Gasteiger partial charge < -0.3 is 10.1 Å². The van der Waals surface area contributed by atoms with E-state index in [0.717, 1.165) is 28.7 Å². The van der Waals surface area contributed by atoms with Crippen LogP contribution < -0.4 is 14.4 Å². The van der Waals surface area contributed by atoms with Crippen molar-refractivity contribution in [1.82, 2.24) is 5.32 Å². The normalized spacial score (nSPS) is 12.4.